The molecule has 2 unspecified atom stereocenters. The van der Waals surface area contributed by atoms with Gasteiger partial charge in [0.1, 0.15) is 0 Å². The maximum atomic E-state index is 5.64. The molecule has 0 amide bonds. The van der Waals surface area contributed by atoms with Crippen molar-refractivity contribution < 1.29 is 0 Å². The molecule has 0 fully saturated rings. The van der Waals surface area contributed by atoms with Crippen LogP contribution in [0.3, 0.4) is 0 Å². The summed E-state index contributed by atoms with van der Waals surface area (Å²) in [6.45, 7) is 9.11. The van der Waals surface area contributed by atoms with E-state index in [9.17, 15) is 0 Å². The van der Waals surface area contributed by atoms with Gasteiger partial charge < -0.3 is 0 Å². The summed E-state index contributed by atoms with van der Waals surface area (Å²) in [4.78, 5) is 0. The molecule has 1 rings (SSSR count). The van der Waals surface area contributed by atoms with Crippen LogP contribution in [0.1, 0.15) is 52.1 Å². The Morgan fingerprint density at radius 1 is 1.47 bits per heavy atom. The summed E-state index contributed by atoms with van der Waals surface area (Å²) < 4.78 is 1.81. The van der Waals surface area contributed by atoms with Gasteiger partial charge >= 0.3 is 0 Å². The molecule has 0 aliphatic carbocycles. The average Bonchev–Trinajstić information content (AvgIpc) is 2.58. The Bertz CT molecular complexity index is 337. The minimum Gasteiger partial charge on any atom is -0.275 e. The van der Waals surface area contributed by atoms with Crippen molar-refractivity contribution in [2.75, 3.05) is 0 Å². The lowest BCUT2D eigenvalue weighted by molar-refractivity contribution is 0.276. The number of rotatable bonds is 5. The molecule has 0 saturated heterocycles. The molecule has 4 heteroatoms. The Morgan fingerprint density at radius 2 is 2.12 bits per heavy atom. The van der Waals surface area contributed by atoms with Crippen molar-refractivity contribution in [1.29, 1.82) is 0 Å². The lowest BCUT2D eigenvalue weighted by Crippen LogP contribution is -2.29. The highest BCUT2D eigenvalue weighted by Gasteiger charge is 2.20. The fourth-order valence-electron chi connectivity index (χ4n) is 2.45. The van der Waals surface area contributed by atoms with Crippen molar-refractivity contribution in [2.24, 2.45) is 24.2 Å². The van der Waals surface area contributed by atoms with Crippen LogP contribution in [0.4, 0.5) is 0 Å². The van der Waals surface area contributed by atoms with E-state index in [1.165, 1.54) is 6.42 Å². The lowest BCUT2D eigenvalue weighted by Gasteiger charge is -2.26. The van der Waals surface area contributed by atoms with Crippen LogP contribution in [0.5, 0.6) is 0 Å². The second kappa shape index (κ2) is 5.65. The van der Waals surface area contributed by atoms with E-state index in [2.05, 4.69) is 38.2 Å². The summed E-state index contributed by atoms with van der Waals surface area (Å²) in [5.41, 5.74) is 4.43. The van der Waals surface area contributed by atoms with Gasteiger partial charge in [-0.3, -0.25) is 16.0 Å². The lowest BCUT2D eigenvalue weighted by atomic mass is 9.82. The van der Waals surface area contributed by atoms with Gasteiger partial charge in [0, 0.05) is 24.8 Å². The van der Waals surface area contributed by atoms with Gasteiger partial charge in [-0.2, -0.15) is 5.10 Å². The van der Waals surface area contributed by atoms with Gasteiger partial charge in [0.15, 0.2) is 0 Å². The second-order valence-corrected chi connectivity index (χ2v) is 6.27. The van der Waals surface area contributed by atoms with E-state index in [-0.39, 0.29) is 6.04 Å². The quantitative estimate of drug-likeness (QED) is 0.611. The maximum absolute atomic E-state index is 5.64. The summed E-state index contributed by atoms with van der Waals surface area (Å²) in [5, 5.41) is 4.19. The molecule has 0 aliphatic heterocycles. The third-order valence-corrected chi connectivity index (χ3v) is 2.93. The number of nitrogens with zero attached hydrogens (tertiary/aromatic N) is 2. The Morgan fingerprint density at radius 3 is 2.53 bits per heavy atom. The molecule has 0 aliphatic rings. The highest BCUT2D eigenvalue weighted by Crippen LogP contribution is 2.29. The molecule has 1 aromatic heterocycles. The van der Waals surface area contributed by atoms with Crippen molar-refractivity contribution >= 4 is 0 Å². The van der Waals surface area contributed by atoms with Crippen LogP contribution in [0.25, 0.3) is 0 Å². The molecule has 0 radical (unpaired) electrons. The second-order valence-electron chi connectivity index (χ2n) is 6.27. The van der Waals surface area contributed by atoms with Crippen molar-refractivity contribution in [3.63, 3.8) is 0 Å². The van der Waals surface area contributed by atoms with E-state index in [1.54, 1.807) is 0 Å². The number of hydrogen-bond donors (Lipinski definition) is 2. The van der Waals surface area contributed by atoms with Crippen LogP contribution in [-0.2, 0) is 7.05 Å². The van der Waals surface area contributed by atoms with E-state index in [0.717, 1.165) is 12.0 Å². The third-order valence-electron chi connectivity index (χ3n) is 2.93. The molecule has 0 spiro atoms. The minimum absolute atomic E-state index is 0.195. The van der Waals surface area contributed by atoms with Crippen molar-refractivity contribution in [3.8, 4) is 0 Å². The first kappa shape index (κ1) is 14.2. The minimum atomic E-state index is 0.195. The predicted octanol–water partition coefficient (Wildman–Crippen LogP) is 2.39. The highest BCUT2D eigenvalue weighted by molar-refractivity contribution is 5.09. The first-order chi connectivity index (χ1) is 7.81. The number of nitrogens with one attached hydrogen (secondary N) is 1. The zero-order chi connectivity index (χ0) is 13.1. The Balaban J connectivity index is 2.58. The number of aryl methyl sites for hydroxylation is 1. The smallest absolute Gasteiger partial charge is 0.0538 e. The van der Waals surface area contributed by atoms with Crippen molar-refractivity contribution in [1.82, 2.24) is 15.2 Å². The largest absolute Gasteiger partial charge is 0.275 e. The molecule has 0 saturated carbocycles. The van der Waals surface area contributed by atoms with Crippen LogP contribution in [0, 0.1) is 11.3 Å². The highest BCUT2D eigenvalue weighted by atomic mass is 15.3. The van der Waals surface area contributed by atoms with Gasteiger partial charge in [0.05, 0.1) is 6.20 Å². The molecule has 3 N–H and O–H groups in total. The van der Waals surface area contributed by atoms with Crippen LogP contribution in [0.15, 0.2) is 12.4 Å². The Labute approximate surface area is 105 Å². The van der Waals surface area contributed by atoms with Crippen molar-refractivity contribution in [2.45, 2.75) is 46.6 Å². The standard InChI is InChI=1S/C13H26N4/c1-10(7-13(2,3)4)6-12(16-14)11-8-15-17(5)9-11/h8-10,12,16H,6-7,14H2,1-5H3. The number of hydrogen-bond acceptors (Lipinski definition) is 3. The molecule has 4 nitrogen and oxygen atoms in total. The van der Waals surface area contributed by atoms with Crippen LogP contribution in [-0.4, -0.2) is 9.78 Å². The van der Waals surface area contributed by atoms with Gasteiger partial charge in [-0.1, -0.05) is 27.7 Å². The zero-order valence-corrected chi connectivity index (χ0v) is 11.7. The monoisotopic (exact) mass is 238 g/mol. The number of aromatic nitrogens is 2. The molecule has 0 bridgehead atoms. The topological polar surface area (TPSA) is 55.9 Å². The summed E-state index contributed by atoms with van der Waals surface area (Å²) in [7, 11) is 1.93. The molecule has 0 aromatic carbocycles. The first-order valence-electron chi connectivity index (χ1n) is 6.26. The zero-order valence-electron chi connectivity index (χ0n) is 11.7. The van der Waals surface area contributed by atoms with E-state index < -0.39 is 0 Å². The summed E-state index contributed by atoms with van der Waals surface area (Å²) in [5.74, 6) is 6.27. The van der Waals surface area contributed by atoms with Gasteiger partial charge in [0.25, 0.3) is 0 Å². The molecule has 98 valence electrons. The number of nitrogens with two attached hydrogens (primary N) is 1. The van der Waals surface area contributed by atoms with Crippen LogP contribution in [0.2, 0.25) is 0 Å². The SMILES string of the molecule is CC(CC(NN)c1cnn(C)c1)CC(C)(C)C. The summed E-state index contributed by atoms with van der Waals surface area (Å²) in [6.07, 6.45) is 6.15. The Kier molecular flexibility index (Phi) is 4.71. The normalized spacial score (nSPS) is 15.9. The fourth-order valence-corrected chi connectivity index (χ4v) is 2.45. The van der Waals surface area contributed by atoms with Gasteiger partial charge in [0.2, 0.25) is 0 Å². The molecule has 17 heavy (non-hydrogen) atoms. The predicted molar refractivity (Wildman–Crippen MR) is 71.1 cm³/mol. The molecule has 2 atom stereocenters. The van der Waals surface area contributed by atoms with Gasteiger partial charge in [-0.25, -0.2) is 0 Å². The van der Waals surface area contributed by atoms with Crippen LogP contribution >= 0.6 is 0 Å². The summed E-state index contributed by atoms with van der Waals surface area (Å²) >= 11 is 0. The third kappa shape index (κ3) is 4.88. The number of hydrazine groups is 1. The summed E-state index contributed by atoms with van der Waals surface area (Å²) in [6, 6.07) is 0.195. The van der Waals surface area contributed by atoms with E-state index in [0.29, 0.717) is 11.3 Å². The fraction of sp³-hybridized carbons (Fsp3) is 0.769. The van der Waals surface area contributed by atoms with E-state index in [1.807, 2.05) is 24.1 Å². The molecular formula is C13H26N4. The van der Waals surface area contributed by atoms with Gasteiger partial charge in [-0.05, 0) is 24.2 Å². The molecule has 1 heterocycles. The van der Waals surface area contributed by atoms with E-state index in [4.69, 9.17) is 5.84 Å². The van der Waals surface area contributed by atoms with Crippen molar-refractivity contribution in [3.05, 3.63) is 18.0 Å². The molecule has 1 aromatic rings. The first-order valence-corrected chi connectivity index (χ1v) is 6.26. The molecular weight excluding hydrogens is 212 g/mol. The Hall–Kier alpha value is -0.870. The maximum Gasteiger partial charge on any atom is 0.0538 e. The van der Waals surface area contributed by atoms with Crippen LogP contribution < -0.4 is 11.3 Å². The average molecular weight is 238 g/mol. The van der Waals surface area contributed by atoms with E-state index >= 15 is 0 Å². The van der Waals surface area contributed by atoms with Gasteiger partial charge in [-0.15, -0.1) is 0 Å².